The van der Waals surface area contributed by atoms with Gasteiger partial charge < -0.3 is 0 Å². The SMILES string of the molecule is Cc1ccc(S(=O)(=O)NCC2CCCN2S(C)(=O)=O)s1. The molecular weight excluding hydrogens is 320 g/mol. The first-order chi connectivity index (χ1) is 9.20. The Morgan fingerprint density at radius 2 is 2.05 bits per heavy atom. The van der Waals surface area contributed by atoms with Crippen molar-refractivity contribution in [1.82, 2.24) is 9.03 Å². The molecule has 1 unspecified atom stereocenters. The summed E-state index contributed by atoms with van der Waals surface area (Å²) in [5.41, 5.74) is 0. The van der Waals surface area contributed by atoms with Crippen molar-refractivity contribution >= 4 is 31.4 Å². The first-order valence-corrected chi connectivity index (χ1v) is 10.4. The molecule has 1 aromatic rings. The van der Waals surface area contributed by atoms with E-state index in [-0.39, 0.29) is 16.8 Å². The second-order valence-corrected chi connectivity index (χ2v) is 10.1. The Balaban J connectivity index is 2.05. The number of hydrogen-bond acceptors (Lipinski definition) is 5. The van der Waals surface area contributed by atoms with Gasteiger partial charge in [0.25, 0.3) is 0 Å². The minimum atomic E-state index is -3.55. The van der Waals surface area contributed by atoms with E-state index in [0.29, 0.717) is 13.0 Å². The fourth-order valence-corrected chi connectivity index (χ4v) is 5.87. The first-order valence-electron chi connectivity index (χ1n) is 6.23. The smallest absolute Gasteiger partial charge is 0.212 e. The summed E-state index contributed by atoms with van der Waals surface area (Å²) in [5, 5.41) is 0. The second-order valence-electron chi connectivity index (χ2n) is 4.89. The van der Waals surface area contributed by atoms with Crippen molar-refractivity contribution in [2.45, 2.75) is 30.0 Å². The standard InChI is InChI=1S/C11H18N2O4S3/c1-9-5-6-11(18-9)20(16,17)12-8-10-4-3-7-13(10)19(2,14)15/h5-6,10,12H,3-4,7-8H2,1-2H3. The number of nitrogens with zero attached hydrogens (tertiary/aromatic N) is 1. The Kier molecular flexibility index (Phi) is 4.55. The van der Waals surface area contributed by atoms with Crippen LogP contribution in [0.15, 0.2) is 16.3 Å². The molecule has 1 aliphatic rings. The van der Waals surface area contributed by atoms with Crippen molar-refractivity contribution < 1.29 is 16.8 Å². The van der Waals surface area contributed by atoms with Crippen LogP contribution in [0.3, 0.4) is 0 Å². The third-order valence-corrected chi connectivity index (χ3v) is 7.49. The molecule has 0 amide bonds. The maximum atomic E-state index is 12.1. The zero-order chi connectivity index (χ0) is 15.0. The van der Waals surface area contributed by atoms with Crippen LogP contribution >= 0.6 is 11.3 Å². The average molecular weight is 338 g/mol. The van der Waals surface area contributed by atoms with Crippen molar-refractivity contribution in [2.24, 2.45) is 0 Å². The topological polar surface area (TPSA) is 83.6 Å². The van der Waals surface area contributed by atoms with Crippen LogP contribution in [0.1, 0.15) is 17.7 Å². The van der Waals surface area contributed by atoms with Gasteiger partial charge in [-0.1, -0.05) is 0 Å². The maximum absolute atomic E-state index is 12.1. The molecule has 2 heterocycles. The van der Waals surface area contributed by atoms with E-state index in [1.54, 1.807) is 12.1 Å². The minimum absolute atomic E-state index is 0.117. The zero-order valence-corrected chi connectivity index (χ0v) is 13.8. The summed E-state index contributed by atoms with van der Waals surface area (Å²) in [7, 11) is -6.83. The van der Waals surface area contributed by atoms with Crippen LogP contribution in [-0.2, 0) is 20.0 Å². The van der Waals surface area contributed by atoms with Gasteiger partial charge in [0.15, 0.2) is 0 Å². The van der Waals surface area contributed by atoms with Gasteiger partial charge in [-0.3, -0.25) is 0 Å². The fourth-order valence-electron chi connectivity index (χ4n) is 2.28. The monoisotopic (exact) mass is 338 g/mol. The highest BCUT2D eigenvalue weighted by atomic mass is 32.2. The van der Waals surface area contributed by atoms with Crippen LogP contribution in [0.5, 0.6) is 0 Å². The van der Waals surface area contributed by atoms with Gasteiger partial charge in [0.1, 0.15) is 4.21 Å². The molecule has 1 saturated heterocycles. The fraction of sp³-hybridized carbons (Fsp3) is 0.636. The number of sulfonamides is 2. The third-order valence-electron chi connectivity index (χ3n) is 3.24. The summed E-state index contributed by atoms with van der Waals surface area (Å²) < 4.78 is 51.5. The van der Waals surface area contributed by atoms with Crippen molar-refractivity contribution in [3.05, 3.63) is 17.0 Å². The number of aryl methyl sites for hydroxylation is 1. The van der Waals surface area contributed by atoms with E-state index in [1.165, 1.54) is 15.6 Å². The molecule has 1 atom stereocenters. The molecule has 20 heavy (non-hydrogen) atoms. The number of hydrogen-bond donors (Lipinski definition) is 1. The van der Waals surface area contributed by atoms with Crippen molar-refractivity contribution in [3.63, 3.8) is 0 Å². The Bertz CT molecular complexity index is 678. The van der Waals surface area contributed by atoms with Gasteiger partial charge in [-0.2, -0.15) is 4.31 Å². The molecule has 1 fully saturated rings. The lowest BCUT2D eigenvalue weighted by Crippen LogP contribution is -2.42. The average Bonchev–Trinajstić information content (AvgIpc) is 2.93. The normalized spacial score (nSPS) is 21.4. The van der Waals surface area contributed by atoms with Crippen LogP contribution in [0, 0.1) is 6.92 Å². The number of thiophene rings is 1. The molecule has 0 aromatic carbocycles. The Morgan fingerprint density at radius 1 is 1.35 bits per heavy atom. The van der Waals surface area contributed by atoms with Gasteiger partial charge in [0, 0.05) is 24.0 Å². The van der Waals surface area contributed by atoms with Gasteiger partial charge in [-0.25, -0.2) is 21.6 Å². The van der Waals surface area contributed by atoms with Crippen molar-refractivity contribution in [1.29, 1.82) is 0 Å². The van der Waals surface area contributed by atoms with E-state index < -0.39 is 20.0 Å². The van der Waals surface area contributed by atoms with E-state index in [0.717, 1.165) is 17.6 Å². The molecule has 6 nitrogen and oxygen atoms in total. The predicted molar refractivity (Wildman–Crippen MR) is 78.8 cm³/mol. The number of nitrogens with one attached hydrogen (secondary N) is 1. The molecule has 1 aliphatic heterocycles. The van der Waals surface area contributed by atoms with Gasteiger partial charge in [-0.15, -0.1) is 11.3 Å². The van der Waals surface area contributed by atoms with E-state index in [9.17, 15) is 16.8 Å². The molecule has 0 radical (unpaired) electrons. The molecule has 0 bridgehead atoms. The lowest BCUT2D eigenvalue weighted by atomic mass is 10.2. The van der Waals surface area contributed by atoms with Crippen molar-refractivity contribution in [3.8, 4) is 0 Å². The van der Waals surface area contributed by atoms with E-state index in [4.69, 9.17) is 0 Å². The summed E-state index contributed by atoms with van der Waals surface area (Å²) in [5.74, 6) is 0. The highest BCUT2D eigenvalue weighted by Gasteiger charge is 2.32. The summed E-state index contributed by atoms with van der Waals surface area (Å²) in [6.07, 6.45) is 2.60. The Labute approximate surface area is 123 Å². The van der Waals surface area contributed by atoms with Gasteiger partial charge in [0.05, 0.1) is 6.26 Å². The summed E-state index contributed by atoms with van der Waals surface area (Å²) in [4.78, 5) is 0.920. The molecule has 1 N–H and O–H groups in total. The summed E-state index contributed by atoms with van der Waals surface area (Å²) in [6.45, 7) is 2.42. The lowest BCUT2D eigenvalue weighted by molar-refractivity contribution is 0.388. The lowest BCUT2D eigenvalue weighted by Gasteiger charge is -2.22. The molecule has 9 heteroatoms. The highest BCUT2D eigenvalue weighted by molar-refractivity contribution is 7.91. The number of rotatable bonds is 5. The summed E-state index contributed by atoms with van der Waals surface area (Å²) >= 11 is 1.20. The van der Waals surface area contributed by atoms with Crippen LogP contribution in [-0.4, -0.2) is 46.5 Å². The van der Waals surface area contributed by atoms with Gasteiger partial charge in [-0.05, 0) is 31.9 Å². The maximum Gasteiger partial charge on any atom is 0.250 e. The van der Waals surface area contributed by atoms with Crippen LogP contribution in [0.2, 0.25) is 0 Å². The largest absolute Gasteiger partial charge is 0.250 e. The second kappa shape index (κ2) is 5.72. The van der Waals surface area contributed by atoms with Crippen LogP contribution in [0.4, 0.5) is 0 Å². The van der Waals surface area contributed by atoms with E-state index >= 15 is 0 Å². The molecule has 0 aliphatic carbocycles. The molecule has 2 rings (SSSR count). The first kappa shape index (κ1) is 15.9. The molecule has 0 spiro atoms. The third kappa shape index (κ3) is 3.59. The Hall–Kier alpha value is -0.480. The van der Waals surface area contributed by atoms with E-state index in [2.05, 4.69) is 4.72 Å². The van der Waals surface area contributed by atoms with E-state index in [1.807, 2.05) is 6.92 Å². The predicted octanol–water partition coefficient (Wildman–Crippen LogP) is 0.759. The molecule has 0 saturated carbocycles. The van der Waals surface area contributed by atoms with Crippen LogP contribution < -0.4 is 4.72 Å². The minimum Gasteiger partial charge on any atom is -0.212 e. The van der Waals surface area contributed by atoms with Gasteiger partial charge in [0.2, 0.25) is 20.0 Å². The zero-order valence-electron chi connectivity index (χ0n) is 11.4. The summed E-state index contributed by atoms with van der Waals surface area (Å²) in [6, 6.07) is 3.02. The van der Waals surface area contributed by atoms with Crippen LogP contribution in [0.25, 0.3) is 0 Å². The van der Waals surface area contributed by atoms with Gasteiger partial charge >= 0.3 is 0 Å². The van der Waals surface area contributed by atoms with Crippen molar-refractivity contribution in [2.75, 3.05) is 19.3 Å². The quantitative estimate of drug-likeness (QED) is 0.859. The molecule has 114 valence electrons. The molecule has 1 aromatic heterocycles. The molecular formula is C11H18N2O4S3. The Morgan fingerprint density at radius 3 is 2.60 bits per heavy atom. The highest BCUT2D eigenvalue weighted by Crippen LogP contribution is 2.22.